The third-order valence-electron chi connectivity index (χ3n) is 4.58. The molecule has 0 bridgehead atoms. The third kappa shape index (κ3) is 3.79. The van der Waals surface area contributed by atoms with Gasteiger partial charge in [0.05, 0.1) is 25.3 Å². The van der Waals surface area contributed by atoms with Crippen LogP contribution in [0.3, 0.4) is 0 Å². The Bertz CT molecular complexity index is 524. The minimum atomic E-state index is 0.117. The number of likely N-dealkylation sites (N-methyl/N-ethyl adjacent to an activating group) is 1. The molecule has 2 heterocycles. The maximum absolute atomic E-state index is 12.4. The fourth-order valence-corrected chi connectivity index (χ4v) is 3.56. The van der Waals surface area contributed by atoms with E-state index in [2.05, 4.69) is 15.3 Å². The molecule has 1 aromatic heterocycles. The summed E-state index contributed by atoms with van der Waals surface area (Å²) in [6.07, 6.45) is 5.63. The van der Waals surface area contributed by atoms with Crippen molar-refractivity contribution < 1.29 is 9.53 Å². The number of morpholine rings is 1. The maximum atomic E-state index is 12.4. The summed E-state index contributed by atoms with van der Waals surface area (Å²) in [7, 11) is 3.86. The van der Waals surface area contributed by atoms with Crippen molar-refractivity contribution in [3.05, 3.63) is 18.5 Å². The fourth-order valence-electron chi connectivity index (χ4n) is 3.56. The summed E-state index contributed by atoms with van der Waals surface area (Å²) in [6, 6.07) is 2.01. The first-order chi connectivity index (χ1) is 11.1. The molecule has 1 aromatic rings. The SMILES string of the molecule is CN(C)CC(=O)N1CCOC2C(CNc3ncccn3)CCC21. The lowest BCUT2D eigenvalue weighted by atomic mass is 10.0. The van der Waals surface area contributed by atoms with Gasteiger partial charge in [0.2, 0.25) is 11.9 Å². The van der Waals surface area contributed by atoms with Crippen LogP contribution in [-0.4, -0.2) is 78.2 Å². The first-order valence-electron chi connectivity index (χ1n) is 8.22. The molecule has 7 heteroatoms. The summed E-state index contributed by atoms with van der Waals surface area (Å²) < 4.78 is 6.00. The van der Waals surface area contributed by atoms with Crippen LogP contribution in [0.2, 0.25) is 0 Å². The van der Waals surface area contributed by atoms with E-state index in [9.17, 15) is 4.79 Å². The van der Waals surface area contributed by atoms with E-state index in [-0.39, 0.29) is 18.1 Å². The lowest BCUT2D eigenvalue weighted by Crippen LogP contribution is -2.54. The fraction of sp³-hybridized carbons (Fsp3) is 0.688. The van der Waals surface area contributed by atoms with E-state index < -0.39 is 0 Å². The molecule has 1 saturated carbocycles. The summed E-state index contributed by atoms with van der Waals surface area (Å²) in [6.45, 7) is 2.57. The number of carbonyl (C=O) groups is 1. The van der Waals surface area contributed by atoms with Gasteiger partial charge in [-0.1, -0.05) is 0 Å². The molecule has 7 nitrogen and oxygen atoms in total. The van der Waals surface area contributed by atoms with Gasteiger partial charge in [-0.05, 0) is 33.0 Å². The van der Waals surface area contributed by atoms with Gasteiger partial charge < -0.3 is 19.9 Å². The van der Waals surface area contributed by atoms with E-state index in [1.807, 2.05) is 23.9 Å². The van der Waals surface area contributed by atoms with E-state index in [0.29, 0.717) is 31.6 Å². The van der Waals surface area contributed by atoms with Crippen molar-refractivity contribution in [1.29, 1.82) is 0 Å². The van der Waals surface area contributed by atoms with Crippen LogP contribution in [0.5, 0.6) is 0 Å². The van der Waals surface area contributed by atoms with Crippen LogP contribution >= 0.6 is 0 Å². The average Bonchev–Trinajstić information content (AvgIpc) is 2.96. The quantitative estimate of drug-likeness (QED) is 0.850. The average molecular weight is 319 g/mol. The first-order valence-corrected chi connectivity index (χ1v) is 8.22. The van der Waals surface area contributed by atoms with Crippen LogP contribution in [-0.2, 0) is 9.53 Å². The van der Waals surface area contributed by atoms with Gasteiger partial charge in [-0.2, -0.15) is 0 Å². The molecule has 3 unspecified atom stereocenters. The van der Waals surface area contributed by atoms with Crippen molar-refractivity contribution in [3.8, 4) is 0 Å². The molecule has 23 heavy (non-hydrogen) atoms. The summed E-state index contributed by atoms with van der Waals surface area (Å²) in [5.41, 5.74) is 0. The molecule has 2 aliphatic rings. The molecule has 1 N–H and O–H groups in total. The lowest BCUT2D eigenvalue weighted by Gasteiger charge is -2.39. The van der Waals surface area contributed by atoms with E-state index in [1.54, 1.807) is 18.5 Å². The van der Waals surface area contributed by atoms with Crippen LogP contribution in [0.1, 0.15) is 12.8 Å². The van der Waals surface area contributed by atoms with Crippen molar-refractivity contribution in [2.75, 3.05) is 45.7 Å². The topological polar surface area (TPSA) is 70.6 Å². The number of nitrogens with one attached hydrogen (secondary N) is 1. The Labute approximate surface area is 137 Å². The highest BCUT2D eigenvalue weighted by atomic mass is 16.5. The van der Waals surface area contributed by atoms with E-state index in [4.69, 9.17) is 4.74 Å². The van der Waals surface area contributed by atoms with Gasteiger partial charge in [0.15, 0.2) is 0 Å². The van der Waals surface area contributed by atoms with Gasteiger partial charge in [-0.15, -0.1) is 0 Å². The Balaban J connectivity index is 1.58. The second-order valence-electron chi connectivity index (χ2n) is 6.52. The molecule has 1 aliphatic carbocycles. The largest absolute Gasteiger partial charge is 0.374 e. The number of hydrogen-bond donors (Lipinski definition) is 1. The number of nitrogens with zero attached hydrogens (tertiary/aromatic N) is 4. The number of rotatable bonds is 5. The molecule has 3 atom stereocenters. The van der Waals surface area contributed by atoms with Crippen molar-refractivity contribution in [2.24, 2.45) is 5.92 Å². The Hall–Kier alpha value is -1.73. The predicted octanol–water partition coefficient (Wildman–Crippen LogP) is 0.456. The number of hydrogen-bond acceptors (Lipinski definition) is 6. The normalized spacial score (nSPS) is 27.1. The summed E-state index contributed by atoms with van der Waals surface area (Å²) in [5.74, 6) is 1.24. The van der Waals surface area contributed by atoms with Crippen LogP contribution in [0.15, 0.2) is 18.5 Å². The Morgan fingerprint density at radius 2 is 2.17 bits per heavy atom. The molecule has 126 valence electrons. The second kappa shape index (κ2) is 7.23. The van der Waals surface area contributed by atoms with Gasteiger partial charge >= 0.3 is 0 Å². The van der Waals surface area contributed by atoms with Crippen molar-refractivity contribution in [2.45, 2.75) is 25.0 Å². The van der Waals surface area contributed by atoms with Crippen molar-refractivity contribution in [3.63, 3.8) is 0 Å². The molecule has 3 rings (SSSR count). The molecule has 0 aromatic carbocycles. The number of carbonyl (C=O) groups excluding carboxylic acids is 1. The van der Waals surface area contributed by atoms with Gasteiger partial charge in [-0.25, -0.2) is 9.97 Å². The highest BCUT2D eigenvalue weighted by Crippen LogP contribution is 2.34. The number of anilines is 1. The van der Waals surface area contributed by atoms with Gasteiger partial charge in [0, 0.05) is 31.4 Å². The van der Waals surface area contributed by atoms with Crippen LogP contribution in [0.4, 0.5) is 5.95 Å². The molecule has 1 aliphatic heterocycles. The van der Waals surface area contributed by atoms with E-state index in [1.165, 1.54) is 0 Å². The van der Waals surface area contributed by atoms with Crippen LogP contribution in [0, 0.1) is 5.92 Å². The van der Waals surface area contributed by atoms with E-state index in [0.717, 1.165) is 19.4 Å². The minimum absolute atomic E-state index is 0.117. The summed E-state index contributed by atoms with van der Waals surface area (Å²) in [4.78, 5) is 24.7. The maximum Gasteiger partial charge on any atom is 0.237 e. The summed E-state index contributed by atoms with van der Waals surface area (Å²) in [5, 5.41) is 3.28. The summed E-state index contributed by atoms with van der Waals surface area (Å²) >= 11 is 0. The molecule has 0 spiro atoms. The van der Waals surface area contributed by atoms with Gasteiger partial charge in [0.25, 0.3) is 0 Å². The van der Waals surface area contributed by atoms with Crippen LogP contribution < -0.4 is 5.32 Å². The Morgan fingerprint density at radius 1 is 1.39 bits per heavy atom. The zero-order valence-corrected chi connectivity index (χ0v) is 13.8. The monoisotopic (exact) mass is 319 g/mol. The number of ether oxygens (including phenoxy) is 1. The Morgan fingerprint density at radius 3 is 2.91 bits per heavy atom. The predicted molar refractivity (Wildman–Crippen MR) is 87.0 cm³/mol. The molecule has 1 amide bonds. The van der Waals surface area contributed by atoms with E-state index >= 15 is 0 Å². The lowest BCUT2D eigenvalue weighted by molar-refractivity contribution is -0.146. The molecule has 1 saturated heterocycles. The molecular weight excluding hydrogens is 294 g/mol. The third-order valence-corrected chi connectivity index (χ3v) is 4.58. The second-order valence-corrected chi connectivity index (χ2v) is 6.52. The van der Waals surface area contributed by atoms with Gasteiger partial charge in [-0.3, -0.25) is 4.79 Å². The first kappa shape index (κ1) is 16.1. The zero-order chi connectivity index (χ0) is 16.2. The van der Waals surface area contributed by atoms with Crippen molar-refractivity contribution in [1.82, 2.24) is 19.8 Å². The van der Waals surface area contributed by atoms with Crippen molar-refractivity contribution >= 4 is 11.9 Å². The highest BCUT2D eigenvalue weighted by Gasteiger charge is 2.44. The molecular formula is C16H25N5O2. The number of amides is 1. The minimum Gasteiger partial charge on any atom is -0.374 e. The standard InChI is InChI=1S/C16H25N5O2/c1-20(2)11-14(22)21-8-9-23-15-12(4-5-13(15)21)10-19-16-17-6-3-7-18-16/h3,6-7,12-13,15H,4-5,8-11H2,1-2H3,(H,17,18,19). The number of fused-ring (bicyclic) bond motifs is 1. The van der Waals surface area contributed by atoms with Gasteiger partial charge in [0.1, 0.15) is 0 Å². The molecule has 0 radical (unpaired) electrons. The smallest absolute Gasteiger partial charge is 0.237 e. The number of aromatic nitrogens is 2. The zero-order valence-electron chi connectivity index (χ0n) is 13.8. The highest BCUT2D eigenvalue weighted by molar-refractivity contribution is 5.78. The Kier molecular flexibility index (Phi) is 5.07. The van der Waals surface area contributed by atoms with Crippen LogP contribution in [0.25, 0.3) is 0 Å². The molecule has 2 fully saturated rings.